The van der Waals surface area contributed by atoms with E-state index in [0.29, 0.717) is 5.56 Å². The second kappa shape index (κ2) is 10.7. The number of hydrogen-bond donors (Lipinski definition) is 0. The lowest BCUT2D eigenvalue weighted by Gasteiger charge is -2.10. The van der Waals surface area contributed by atoms with Crippen LogP contribution in [0.15, 0.2) is 174 Å². The smallest absolute Gasteiger partial charge is 0.135 e. The summed E-state index contributed by atoms with van der Waals surface area (Å²) in [6.07, 6.45) is 0. The largest absolute Gasteiger partial charge is 0.456 e. The minimum absolute atomic E-state index is 0.655. The minimum atomic E-state index is 0.655. The van der Waals surface area contributed by atoms with Crippen LogP contribution >= 0.6 is 0 Å². The van der Waals surface area contributed by atoms with Gasteiger partial charge in [-0.25, -0.2) is 0 Å². The predicted octanol–water partition coefficient (Wildman–Crippen LogP) is 12.7. The molecule has 0 radical (unpaired) electrons. The average molecular weight is 689 g/mol. The van der Waals surface area contributed by atoms with Gasteiger partial charge in [0.1, 0.15) is 11.2 Å². The Balaban J connectivity index is 1.12. The highest BCUT2D eigenvalue weighted by molar-refractivity contribution is 6.29. The Morgan fingerprint density at radius 3 is 1.41 bits per heavy atom. The molecule has 0 spiro atoms. The van der Waals surface area contributed by atoms with Gasteiger partial charge in [0.2, 0.25) is 0 Å². The number of aromatic nitrogens is 3. The molecule has 8 aromatic carbocycles. The first-order valence-electron chi connectivity index (χ1n) is 18.2. The third-order valence-electron chi connectivity index (χ3n) is 11.2. The lowest BCUT2D eigenvalue weighted by atomic mass is 10.1. The molecule has 0 N–H and O–H groups in total. The van der Waals surface area contributed by atoms with E-state index in [1.165, 1.54) is 32.6 Å². The molecule has 0 aliphatic rings. The second-order valence-electron chi connectivity index (χ2n) is 14.1. The molecule has 0 fully saturated rings. The Bertz CT molecular complexity index is 3570. The summed E-state index contributed by atoms with van der Waals surface area (Å²) >= 11 is 0. The highest BCUT2D eigenvalue weighted by atomic mass is 16.3. The Morgan fingerprint density at radius 1 is 0.352 bits per heavy atom. The normalized spacial score (nSPS) is 12.1. The summed E-state index contributed by atoms with van der Waals surface area (Å²) in [7, 11) is 0. The van der Waals surface area contributed by atoms with E-state index in [0.717, 1.165) is 71.8 Å². The number of para-hydroxylation sites is 4. The third kappa shape index (κ3) is 3.86. The van der Waals surface area contributed by atoms with Gasteiger partial charge in [-0.15, -0.1) is 0 Å². The number of fused-ring (bicyclic) bond motifs is 13. The molecule has 250 valence electrons. The molecule has 4 aromatic heterocycles. The van der Waals surface area contributed by atoms with E-state index in [9.17, 15) is 5.26 Å². The van der Waals surface area contributed by atoms with Crippen molar-refractivity contribution in [2.24, 2.45) is 0 Å². The number of nitriles is 1. The Hall–Kier alpha value is -7.55. The highest BCUT2D eigenvalue weighted by Crippen LogP contribution is 2.43. The molecule has 0 saturated heterocycles. The average Bonchev–Trinajstić information content (AvgIpc) is 3.96. The fourth-order valence-corrected chi connectivity index (χ4v) is 9.00. The lowest BCUT2D eigenvalue weighted by Crippen LogP contribution is -1.95. The van der Waals surface area contributed by atoms with Crippen LogP contribution < -0.4 is 0 Å². The zero-order chi connectivity index (χ0) is 35.5. The van der Waals surface area contributed by atoms with Crippen LogP contribution in [0, 0.1) is 11.3 Å². The molecule has 0 atom stereocenters. The van der Waals surface area contributed by atoms with Gasteiger partial charge in [0, 0.05) is 60.2 Å². The van der Waals surface area contributed by atoms with Crippen LogP contribution in [0.3, 0.4) is 0 Å². The molecular weight excluding hydrogens is 661 g/mol. The van der Waals surface area contributed by atoms with Gasteiger partial charge in [-0.1, -0.05) is 72.8 Å². The van der Waals surface area contributed by atoms with Gasteiger partial charge in [-0.05, 0) is 97.1 Å². The van der Waals surface area contributed by atoms with Crippen molar-refractivity contribution in [3.63, 3.8) is 0 Å². The summed E-state index contributed by atoms with van der Waals surface area (Å²) in [5.41, 5.74) is 12.5. The maximum atomic E-state index is 9.66. The van der Waals surface area contributed by atoms with E-state index >= 15 is 0 Å². The Labute approximate surface area is 308 Å². The molecule has 0 aliphatic heterocycles. The van der Waals surface area contributed by atoms with Crippen molar-refractivity contribution in [3.8, 4) is 23.1 Å². The number of hydrogen-bond acceptors (Lipinski definition) is 2. The first kappa shape index (κ1) is 29.1. The topological polar surface area (TPSA) is 51.7 Å². The van der Waals surface area contributed by atoms with E-state index in [1.807, 2.05) is 12.1 Å². The molecule has 54 heavy (non-hydrogen) atoms. The molecule has 0 unspecified atom stereocenters. The zero-order valence-corrected chi connectivity index (χ0v) is 28.9. The van der Waals surface area contributed by atoms with E-state index in [4.69, 9.17) is 4.42 Å². The third-order valence-corrected chi connectivity index (χ3v) is 11.2. The lowest BCUT2D eigenvalue weighted by molar-refractivity contribution is 0.669. The Morgan fingerprint density at radius 2 is 0.815 bits per heavy atom. The Kier molecular flexibility index (Phi) is 5.78. The van der Waals surface area contributed by atoms with Gasteiger partial charge in [0.15, 0.2) is 0 Å². The number of rotatable bonds is 3. The van der Waals surface area contributed by atoms with Crippen LogP contribution in [0.4, 0.5) is 0 Å². The van der Waals surface area contributed by atoms with Crippen LogP contribution in [0.25, 0.3) is 104 Å². The molecule has 12 rings (SSSR count). The summed E-state index contributed by atoms with van der Waals surface area (Å²) in [6, 6.07) is 62.4. The molecule has 12 aromatic rings. The van der Waals surface area contributed by atoms with Gasteiger partial charge >= 0.3 is 0 Å². The summed E-state index contributed by atoms with van der Waals surface area (Å²) < 4.78 is 13.5. The molecule has 0 saturated carbocycles. The van der Waals surface area contributed by atoms with Crippen molar-refractivity contribution in [1.82, 2.24) is 13.7 Å². The quantitative estimate of drug-likeness (QED) is 0.185. The molecule has 0 amide bonds. The van der Waals surface area contributed by atoms with Gasteiger partial charge in [-0.3, -0.25) is 0 Å². The van der Waals surface area contributed by atoms with Crippen molar-refractivity contribution >= 4 is 87.4 Å². The maximum absolute atomic E-state index is 9.66. The van der Waals surface area contributed by atoms with Crippen LogP contribution in [0.1, 0.15) is 5.56 Å². The summed E-state index contributed by atoms with van der Waals surface area (Å²) in [6.45, 7) is 0. The van der Waals surface area contributed by atoms with Crippen molar-refractivity contribution in [3.05, 3.63) is 175 Å². The molecule has 5 nitrogen and oxygen atoms in total. The van der Waals surface area contributed by atoms with Gasteiger partial charge in [0.05, 0.1) is 44.7 Å². The fraction of sp³-hybridized carbons (Fsp3) is 0. The molecule has 5 heteroatoms. The number of furan rings is 1. The SMILES string of the molecule is N#Cc1ccc2c(c1)c1ccccc1n2-c1ccc2oc3ccc(-n4c5ccccc5c5c6c7ccccc7n(-c7ccccc7)c6ccc54)cc3c2c1. The fourth-order valence-electron chi connectivity index (χ4n) is 9.00. The minimum Gasteiger partial charge on any atom is -0.456 e. The number of nitrogens with zero attached hydrogens (tertiary/aromatic N) is 4. The van der Waals surface area contributed by atoms with Crippen LogP contribution in [-0.2, 0) is 0 Å². The first-order chi connectivity index (χ1) is 26.7. The number of benzene rings is 8. The first-order valence-corrected chi connectivity index (χ1v) is 18.2. The second-order valence-corrected chi connectivity index (χ2v) is 14.1. The van der Waals surface area contributed by atoms with E-state index in [-0.39, 0.29) is 0 Å². The van der Waals surface area contributed by atoms with Crippen molar-refractivity contribution in [2.45, 2.75) is 0 Å². The van der Waals surface area contributed by atoms with Crippen LogP contribution in [0.5, 0.6) is 0 Å². The van der Waals surface area contributed by atoms with E-state index in [1.54, 1.807) is 0 Å². The van der Waals surface area contributed by atoms with Crippen molar-refractivity contribution < 1.29 is 4.42 Å². The monoisotopic (exact) mass is 688 g/mol. The van der Waals surface area contributed by atoms with Gasteiger partial charge in [0.25, 0.3) is 0 Å². The maximum Gasteiger partial charge on any atom is 0.135 e. The summed E-state index contributed by atoms with van der Waals surface area (Å²) in [5, 5.41) is 18.9. The molecule has 0 bridgehead atoms. The summed E-state index contributed by atoms with van der Waals surface area (Å²) in [5.74, 6) is 0. The predicted molar refractivity (Wildman–Crippen MR) is 221 cm³/mol. The molecule has 0 aliphatic carbocycles. The van der Waals surface area contributed by atoms with Crippen LogP contribution in [-0.4, -0.2) is 13.7 Å². The standard InChI is InChI=1S/C49H28N4O/c50-29-30-18-21-43-37(26-30)34-12-4-7-15-40(34)52(43)32-19-24-46-38(27-32)39-28-33(20-25-47(39)54-46)53-42-17-9-6-14-36(42)49-45(53)23-22-44-48(49)35-13-5-8-16-41(35)51(44)31-10-2-1-3-11-31/h1-28H. The molecular formula is C49H28N4O. The highest BCUT2D eigenvalue weighted by Gasteiger charge is 2.21. The van der Waals surface area contributed by atoms with Crippen molar-refractivity contribution in [2.75, 3.05) is 0 Å². The van der Waals surface area contributed by atoms with Gasteiger partial charge in [-0.2, -0.15) is 5.26 Å². The summed E-state index contributed by atoms with van der Waals surface area (Å²) in [4.78, 5) is 0. The van der Waals surface area contributed by atoms with Gasteiger partial charge < -0.3 is 18.1 Å². The zero-order valence-electron chi connectivity index (χ0n) is 28.9. The van der Waals surface area contributed by atoms with Crippen molar-refractivity contribution in [1.29, 1.82) is 5.26 Å². The van der Waals surface area contributed by atoms with E-state index < -0.39 is 0 Å². The van der Waals surface area contributed by atoms with E-state index in [2.05, 4.69) is 177 Å². The molecule has 4 heterocycles. The van der Waals surface area contributed by atoms with Crippen LogP contribution in [0.2, 0.25) is 0 Å².